The number of hydrogen-bond donors (Lipinski definition) is 3. The van der Waals surface area contributed by atoms with E-state index in [1.165, 1.54) is 11.8 Å². The van der Waals surface area contributed by atoms with Gasteiger partial charge in [0.05, 0.1) is 0 Å². The van der Waals surface area contributed by atoms with E-state index >= 15 is 0 Å². The van der Waals surface area contributed by atoms with Gasteiger partial charge in [0.25, 0.3) is 0 Å². The van der Waals surface area contributed by atoms with Crippen LogP contribution in [0.3, 0.4) is 0 Å². The quantitative estimate of drug-likeness (QED) is 0.203. The number of hydrazone groups is 1. The van der Waals surface area contributed by atoms with Gasteiger partial charge in [-0.05, 0) is 5.75 Å². The van der Waals surface area contributed by atoms with Crippen LogP contribution in [0.2, 0.25) is 0 Å². The largest absolute Gasteiger partial charge is 0.370 e. The number of nitrogens with zero attached hydrogens (tertiary/aromatic N) is 2. The number of nitrogens with two attached hydrogens (primary N) is 3. The molecule has 0 fully saturated rings. The Morgan fingerprint density at radius 1 is 1.50 bits per heavy atom. The van der Waals surface area contributed by atoms with Crippen LogP contribution in [-0.2, 0) is 0 Å². The van der Waals surface area contributed by atoms with E-state index in [-0.39, 0.29) is 5.96 Å². The maximum Gasteiger partial charge on any atom is 0.209 e. The van der Waals surface area contributed by atoms with Crippen LogP contribution in [0.15, 0.2) is 10.1 Å². The van der Waals surface area contributed by atoms with Crippen LogP contribution >= 0.6 is 11.8 Å². The monoisotopic (exact) mass is 161 g/mol. The Labute approximate surface area is 63.7 Å². The van der Waals surface area contributed by atoms with Gasteiger partial charge in [-0.1, -0.05) is 18.7 Å². The molecular formula is C4H11N5S. The molecule has 0 aliphatic rings. The van der Waals surface area contributed by atoms with Crippen molar-refractivity contribution in [1.82, 2.24) is 0 Å². The molecule has 5 nitrogen and oxygen atoms in total. The number of rotatable bonds is 1. The molecule has 0 amide bonds. The van der Waals surface area contributed by atoms with Crippen LogP contribution in [0.5, 0.6) is 0 Å². The molecule has 58 valence electrons. The van der Waals surface area contributed by atoms with Crippen molar-refractivity contribution in [1.29, 1.82) is 0 Å². The second-order valence-corrected chi connectivity index (χ2v) is 2.61. The third kappa shape index (κ3) is 4.02. The average Bonchev–Trinajstić information content (AvgIpc) is 1.86. The Kier molecular flexibility index (Phi) is 4.47. The molecule has 0 heterocycles. The van der Waals surface area contributed by atoms with E-state index in [0.29, 0.717) is 5.17 Å². The average molecular weight is 161 g/mol. The Hall–Kier alpha value is -0.910. The number of aliphatic imine (C=N–C) groups is 1. The van der Waals surface area contributed by atoms with Gasteiger partial charge in [0.2, 0.25) is 5.17 Å². The molecule has 6 heteroatoms. The van der Waals surface area contributed by atoms with Crippen LogP contribution in [0.1, 0.15) is 6.92 Å². The van der Waals surface area contributed by atoms with Crippen LogP contribution in [-0.4, -0.2) is 16.9 Å². The minimum atomic E-state index is -0.0230. The second kappa shape index (κ2) is 4.92. The van der Waals surface area contributed by atoms with E-state index in [1.807, 2.05) is 6.92 Å². The van der Waals surface area contributed by atoms with Crippen molar-refractivity contribution in [3.63, 3.8) is 0 Å². The second-order valence-electron chi connectivity index (χ2n) is 1.38. The van der Waals surface area contributed by atoms with Gasteiger partial charge in [0, 0.05) is 0 Å². The zero-order chi connectivity index (χ0) is 7.98. The Balaban J connectivity index is 3.98. The SMILES string of the molecule is CCS/C(N=C(N)N)=N\N. The molecule has 6 N–H and O–H groups in total. The fraction of sp³-hybridized carbons (Fsp3) is 0.500. The Morgan fingerprint density at radius 2 is 2.10 bits per heavy atom. The van der Waals surface area contributed by atoms with Crippen LogP contribution in [0.25, 0.3) is 0 Å². The summed E-state index contributed by atoms with van der Waals surface area (Å²) in [5, 5.41) is 3.76. The number of guanidine groups is 1. The van der Waals surface area contributed by atoms with Crippen molar-refractivity contribution in [2.75, 3.05) is 5.75 Å². The molecule has 0 aliphatic carbocycles. The summed E-state index contributed by atoms with van der Waals surface area (Å²) in [5.74, 6) is 5.77. The Bertz CT molecular complexity index is 148. The summed E-state index contributed by atoms with van der Waals surface area (Å²) in [6.45, 7) is 1.96. The number of hydrogen-bond acceptors (Lipinski definition) is 3. The third-order valence-corrected chi connectivity index (χ3v) is 1.35. The first-order chi connectivity index (χ1) is 4.70. The molecule has 0 unspecified atom stereocenters. The van der Waals surface area contributed by atoms with Crippen LogP contribution < -0.4 is 17.3 Å². The highest BCUT2D eigenvalue weighted by molar-refractivity contribution is 8.13. The van der Waals surface area contributed by atoms with E-state index in [4.69, 9.17) is 17.3 Å². The van der Waals surface area contributed by atoms with Gasteiger partial charge in [-0.25, -0.2) is 0 Å². The molecule has 0 radical (unpaired) electrons. The highest BCUT2D eigenvalue weighted by atomic mass is 32.2. The normalized spacial score (nSPS) is 11.1. The van der Waals surface area contributed by atoms with E-state index < -0.39 is 0 Å². The number of thioether (sulfide) groups is 1. The van der Waals surface area contributed by atoms with Gasteiger partial charge in [-0.3, -0.25) is 0 Å². The molecule has 0 rings (SSSR count). The van der Waals surface area contributed by atoms with Gasteiger partial charge in [0.15, 0.2) is 5.96 Å². The first kappa shape index (κ1) is 9.09. The predicted molar refractivity (Wildman–Crippen MR) is 45.6 cm³/mol. The van der Waals surface area contributed by atoms with Gasteiger partial charge >= 0.3 is 0 Å². The first-order valence-corrected chi connectivity index (χ1v) is 3.69. The van der Waals surface area contributed by atoms with E-state index in [9.17, 15) is 0 Å². The zero-order valence-electron chi connectivity index (χ0n) is 5.74. The minimum absolute atomic E-state index is 0.0230. The lowest BCUT2D eigenvalue weighted by Crippen LogP contribution is -2.24. The molecule has 0 aromatic rings. The minimum Gasteiger partial charge on any atom is -0.370 e. The molecule has 0 aromatic carbocycles. The van der Waals surface area contributed by atoms with Crippen molar-refractivity contribution in [2.24, 2.45) is 27.4 Å². The van der Waals surface area contributed by atoms with Gasteiger partial charge in [-0.15, -0.1) is 0 Å². The topological polar surface area (TPSA) is 103 Å². The lowest BCUT2D eigenvalue weighted by Gasteiger charge is -1.94. The Morgan fingerprint density at radius 3 is 2.40 bits per heavy atom. The zero-order valence-corrected chi connectivity index (χ0v) is 6.56. The van der Waals surface area contributed by atoms with E-state index in [2.05, 4.69) is 10.1 Å². The van der Waals surface area contributed by atoms with Gasteiger partial charge in [0.1, 0.15) is 0 Å². The molecule has 0 saturated heterocycles. The van der Waals surface area contributed by atoms with Crippen molar-refractivity contribution < 1.29 is 0 Å². The summed E-state index contributed by atoms with van der Waals surface area (Å²) < 4.78 is 0. The summed E-state index contributed by atoms with van der Waals surface area (Å²) in [5.41, 5.74) is 10.2. The summed E-state index contributed by atoms with van der Waals surface area (Å²) >= 11 is 1.38. The molecule has 0 atom stereocenters. The smallest absolute Gasteiger partial charge is 0.209 e. The van der Waals surface area contributed by atoms with E-state index in [0.717, 1.165) is 5.75 Å². The molecule has 10 heavy (non-hydrogen) atoms. The summed E-state index contributed by atoms with van der Waals surface area (Å²) in [6.07, 6.45) is 0. The summed E-state index contributed by atoms with van der Waals surface area (Å²) in [7, 11) is 0. The lowest BCUT2D eigenvalue weighted by atomic mass is 11.0. The molecule has 0 aromatic heterocycles. The maximum absolute atomic E-state index is 5.08. The van der Waals surface area contributed by atoms with Crippen LogP contribution in [0.4, 0.5) is 0 Å². The van der Waals surface area contributed by atoms with Gasteiger partial charge in [-0.2, -0.15) is 10.1 Å². The predicted octanol–water partition coefficient (Wildman–Crippen LogP) is -0.757. The van der Waals surface area contributed by atoms with Gasteiger partial charge < -0.3 is 17.3 Å². The van der Waals surface area contributed by atoms with Crippen LogP contribution in [0, 0.1) is 0 Å². The molecule has 0 bridgehead atoms. The lowest BCUT2D eigenvalue weighted by molar-refractivity contribution is 1.24. The molecule has 0 saturated carbocycles. The summed E-state index contributed by atoms with van der Waals surface area (Å²) in [4.78, 5) is 3.65. The van der Waals surface area contributed by atoms with Crippen molar-refractivity contribution in [3.8, 4) is 0 Å². The van der Waals surface area contributed by atoms with Crippen molar-refractivity contribution in [2.45, 2.75) is 6.92 Å². The van der Waals surface area contributed by atoms with Crippen molar-refractivity contribution >= 4 is 22.9 Å². The first-order valence-electron chi connectivity index (χ1n) is 2.71. The standard InChI is InChI=1S/C4H11N5S/c1-2-10-4(9-7)8-3(5)6/h2,7H2,1H3,(H4,5,6,8,9). The highest BCUT2D eigenvalue weighted by Crippen LogP contribution is 2.02. The highest BCUT2D eigenvalue weighted by Gasteiger charge is 1.93. The fourth-order valence-corrected chi connectivity index (χ4v) is 0.841. The molecule has 0 aliphatic heterocycles. The molecule has 0 spiro atoms. The van der Waals surface area contributed by atoms with Crippen molar-refractivity contribution in [3.05, 3.63) is 0 Å². The summed E-state index contributed by atoms with van der Waals surface area (Å²) in [6, 6.07) is 0. The molecular weight excluding hydrogens is 150 g/mol. The number of amidine groups is 1. The third-order valence-electron chi connectivity index (χ3n) is 0.609. The van der Waals surface area contributed by atoms with E-state index in [1.54, 1.807) is 0 Å². The fourth-order valence-electron chi connectivity index (χ4n) is 0.338. The maximum atomic E-state index is 5.08.